The van der Waals surface area contributed by atoms with Gasteiger partial charge in [0.1, 0.15) is 5.72 Å². The van der Waals surface area contributed by atoms with Crippen molar-refractivity contribution in [2.75, 3.05) is 0 Å². The van der Waals surface area contributed by atoms with Gasteiger partial charge < -0.3 is 15.4 Å². The Bertz CT molecular complexity index is 617. The maximum absolute atomic E-state index is 9.82. The Morgan fingerprint density at radius 3 is 2.80 bits per heavy atom. The normalized spacial score (nSPS) is 14.1. The molecule has 0 aliphatic heterocycles. The number of fused-ring (bicyclic) bond motifs is 1. The molecule has 106 valence electrons. The first-order valence-corrected chi connectivity index (χ1v) is 6.96. The first-order chi connectivity index (χ1) is 9.51. The minimum Gasteiger partial charge on any atom is -0.376 e. The molecule has 0 bridgehead atoms. The number of hydrogen-bond donors (Lipinski definition) is 2. The summed E-state index contributed by atoms with van der Waals surface area (Å²) in [5.41, 5.74) is 6.74. The predicted molar refractivity (Wildman–Crippen MR) is 79.9 cm³/mol. The highest BCUT2D eigenvalue weighted by Gasteiger charge is 2.17. The van der Waals surface area contributed by atoms with Crippen LogP contribution in [-0.2, 0) is 13.0 Å². The lowest BCUT2D eigenvalue weighted by atomic mass is 10.0. The van der Waals surface area contributed by atoms with Gasteiger partial charge in [0.2, 0.25) is 0 Å². The fourth-order valence-corrected chi connectivity index (χ4v) is 2.52. The van der Waals surface area contributed by atoms with E-state index in [2.05, 4.69) is 29.0 Å². The van der Waals surface area contributed by atoms with Gasteiger partial charge in [-0.25, -0.2) is 0 Å². The lowest BCUT2D eigenvalue weighted by Crippen LogP contribution is -2.37. The summed E-state index contributed by atoms with van der Waals surface area (Å²) in [6.07, 6.45) is 4.98. The molecule has 0 aliphatic carbocycles. The molecular formula is C16H21N3O. The Balaban J connectivity index is 2.24. The van der Waals surface area contributed by atoms with Crippen LogP contribution in [0.4, 0.5) is 0 Å². The first-order valence-electron chi connectivity index (χ1n) is 6.96. The van der Waals surface area contributed by atoms with Crippen LogP contribution in [0.2, 0.25) is 0 Å². The van der Waals surface area contributed by atoms with Crippen LogP contribution in [-0.4, -0.2) is 15.4 Å². The van der Waals surface area contributed by atoms with E-state index < -0.39 is 5.72 Å². The van der Waals surface area contributed by atoms with E-state index in [9.17, 15) is 5.11 Å². The Morgan fingerprint density at radius 2 is 2.10 bits per heavy atom. The third kappa shape index (κ3) is 3.60. The second-order valence-electron chi connectivity index (χ2n) is 5.51. The van der Waals surface area contributed by atoms with Gasteiger partial charge in [0.05, 0.1) is 6.07 Å². The van der Waals surface area contributed by atoms with Crippen LogP contribution in [0.3, 0.4) is 0 Å². The summed E-state index contributed by atoms with van der Waals surface area (Å²) in [5, 5.41) is 19.5. The molecule has 0 spiro atoms. The summed E-state index contributed by atoms with van der Waals surface area (Å²) in [4.78, 5) is 0. The lowest BCUT2D eigenvalue weighted by molar-refractivity contribution is 0.0680. The van der Waals surface area contributed by atoms with Crippen molar-refractivity contribution in [2.24, 2.45) is 5.73 Å². The van der Waals surface area contributed by atoms with Crippen LogP contribution in [0.5, 0.6) is 0 Å². The van der Waals surface area contributed by atoms with Crippen LogP contribution in [0, 0.1) is 11.3 Å². The molecule has 0 saturated carbocycles. The lowest BCUT2D eigenvalue weighted by Gasteiger charge is -2.16. The molecule has 1 atom stereocenters. The molecule has 0 fully saturated rings. The number of nitrogens with two attached hydrogens (primary N) is 1. The largest absolute Gasteiger partial charge is 0.376 e. The highest BCUT2D eigenvalue weighted by molar-refractivity contribution is 5.84. The number of unbranched alkanes of at least 4 members (excludes halogenated alkanes) is 2. The van der Waals surface area contributed by atoms with Crippen molar-refractivity contribution >= 4 is 10.9 Å². The molecule has 0 amide bonds. The molecule has 4 heteroatoms. The number of aliphatic hydroxyl groups is 1. The maximum Gasteiger partial charge on any atom is 0.114 e. The molecule has 0 unspecified atom stereocenters. The molecular weight excluding hydrogens is 250 g/mol. The molecule has 1 aromatic heterocycles. The minimum atomic E-state index is -1.20. The number of para-hydroxylation sites is 1. The number of rotatable bonds is 6. The molecule has 0 radical (unpaired) electrons. The monoisotopic (exact) mass is 271 g/mol. The molecule has 2 aromatic rings. The smallest absolute Gasteiger partial charge is 0.114 e. The third-order valence-corrected chi connectivity index (χ3v) is 3.36. The van der Waals surface area contributed by atoms with E-state index in [1.165, 1.54) is 0 Å². The van der Waals surface area contributed by atoms with E-state index in [1.807, 2.05) is 12.1 Å². The van der Waals surface area contributed by atoms with Gasteiger partial charge >= 0.3 is 0 Å². The van der Waals surface area contributed by atoms with E-state index in [-0.39, 0.29) is 0 Å². The summed E-state index contributed by atoms with van der Waals surface area (Å²) in [5.74, 6) is 0. The fourth-order valence-electron chi connectivity index (χ4n) is 2.52. The molecule has 0 aliphatic rings. The zero-order chi connectivity index (χ0) is 14.6. The van der Waals surface area contributed by atoms with Crippen molar-refractivity contribution in [1.29, 1.82) is 5.26 Å². The van der Waals surface area contributed by atoms with Crippen LogP contribution >= 0.6 is 0 Å². The average molecular weight is 271 g/mol. The van der Waals surface area contributed by atoms with Gasteiger partial charge in [0, 0.05) is 36.5 Å². The highest BCUT2D eigenvalue weighted by atomic mass is 16.3. The first kappa shape index (κ1) is 14.6. The average Bonchev–Trinajstić information content (AvgIpc) is 2.72. The summed E-state index contributed by atoms with van der Waals surface area (Å²) >= 11 is 0. The quantitative estimate of drug-likeness (QED) is 0.626. The summed E-state index contributed by atoms with van der Waals surface area (Å²) in [6.45, 7) is 2.50. The van der Waals surface area contributed by atoms with Gasteiger partial charge in [-0.1, -0.05) is 18.2 Å². The standard InChI is InChI=1S/C16H21N3O/c1-16(18,20)11-13-12-19(10-6-2-5-9-17)15-8-4-3-7-14(13)15/h3-4,7-8,12,20H,2,5-6,10-11,18H2,1H3/t16-/m1/s1. The molecule has 1 heterocycles. The van der Waals surface area contributed by atoms with Crippen LogP contribution in [0.1, 0.15) is 31.7 Å². The van der Waals surface area contributed by atoms with Gasteiger partial charge in [0.25, 0.3) is 0 Å². The molecule has 1 aromatic carbocycles. The number of nitrogens with zero attached hydrogens (tertiary/aromatic N) is 2. The minimum absolute atomic E-state index is 0.429. The number of aromatic nitrogens is 1. The number of benzene rings is 1. The number of hydrogen-bond acceptors (Lipinski definition) is 3. The van der Waals surface area contributed by atoms with E-state index >= 15 is 0 Å². The highest BCUT2D eigenvalue weighted by Crippen LogP contribution is 2.24. The van der Waals surface area contributed by atoms with Crippen molar-refractivity contribution in [1.82, 2.24) is 4.57 Å². The van der Waals surface area contributed by atoms with Crippen molar-refractivity contribution in [3.05, 3.63) is 36.0 Å². The van der Waals surface area contributed by atoms with Crippen LogP contribution in [0.25, 0.3) is 10.9 Å². The van der Waals surface area contributed by atoms with Crippen molar-refractivity contribution < 1.29 is 5.11 Å². The fraction of sp³-hybridized carbons (Fsp3) is 0.438. The van der Waals surface area contributed by atoms with Gasteiger partial charge in [-0.3, -0.25) is 0 Å². The second kappa shape index (κ2) is 6.08. The molecule has 0 saturated heterocycles. The van der Waals surface area contributed by atoms with E-state index in [0.717, 1.165) is 35.9 Å². The van der Waals surface area contributed by atoms with Crippen molar-refractivity contribution in [3.63, 3.8) is 0 Å². The summed E-state index contributed by atoms with van der Waals surface area (Å²) in [7, 11) is 0. The Hall–Kier alpha value is -1.83. The zero-order valence-corrected chi connectivity index (χ0v) is 11.8. The summed E-state index contributed by atoms with van der Waals surface area (Å²) < 4.78 is 2.19. The molecule has 2 rings (SSSR count). The Morgan fingerprint density at radius 1 is 1.35 bits per heavy atom. The SMILES string of the molecule is C[C@@](N)(O)Cc1cn(CCCCC#N)c2ccccc12. The summed E-state index contributed by atoms with van der Waals surface area (Å²) in [6, 6.07) is 10.3. The topological polar surface area (TPSA) is 75.0 Å². The van der Waals surface area contributed by atoms with Crippen LogP contribution < -0.4 is 5.73 Å². The van der Waals surface area contributed by atoms with Crippen molar-refractivity contribution in [2.45, 2.75) is 44.9 Å². The van der Waals surface area contributed by atoms with E-state index in [1.54, 1.807) is 6.92 Å². The molecule has 20 heavy (non-hydrogen) atoms. The molecule has 4 nitrogen and oxygen atoms in total. The van der Waals surface area contributed by atoms with Crippen molar-refractivity contribution in [3.8, 4) is 6.07 Å². The second-order valence-corrected chi connectivity index (χ2v) is 5.51. The van der Waals surface area contributed by atoms with Gasteiger partial charge in [-0.05, 0) is 31.4 Å². The maximum atomic E-state index is 9.82. The third-order valence-electron chi connectivity index (χ3n) is 3.36. The van der Waals surface area contributed by atoms with Gasteiger partial charge in [0.15, 0.2) is 0 Å². The van der Waals surface area contributed by atoms with Gasteiger partial charge in [-0.2, -0.15) is 5.26 Å². The van der Waals surface area contributed by atoms with Crippen LogP contribution in [0.15, 0.2) is 30.5 Å². The van der Waals surface area contributed by atoms with E-state index in [0.29, 0.717) is 12.8 Å². The van der Waals surface area contributed by atoms with E-state index in [4.69, 9.17) is 11.0 Å². The Kier molecular flexibility index (Phi) is 4.43. The zero-order valence-electron chi connectivity index (χ0n) is 11.8. The predicted octanol–water partition coefficient (Wildman–Crippen LogP) is 2.54. The molecule has 3 N–H and O–H groups in total. The Labute approximate surface area is 119 Å². The van der Waals surface area contributed by atoms with Gasteiger partial charge in [-0.15, -0.1) is 0 Å². The number of nitriles is 1. The number of aryl methyl sites for hydroxylation is 1.